The Morgan fingerprint density at radius 2 is 1.17 bits per heavy atom. The monoisotopic (exact) mass is 618 g/mol. The molecule has 0 aliphatic carbocycles. The predicted molar refractivity (Wildman–Crippen MR) is 133 cm³/mol. The first kappa shape index (κ1) is 27.5. The molecule has 194 valence electrons. The van der Waals surface area contributed by atoms with Gasteiger partial charge in [-0.2, -0.15) is 20.2 Å². The number of hydrazone groups is 2. The van der Waals surface area contributed by atoms with Gasteiger partial charge >= 0.3 is 0 Å². The lowest BCUT2D eigenvalue weighted by Gasteiger charge is -2.37. The molecular weight excluding hydrogens is 605 g/mol. The van der Waals surface area contributed by atoms with Crippen LogP contribution in [0.2, 0.25) is 0 Å². The highest BCUT2D eigenvalue weighted by atomic mass is 35.6. The molecular formula is C20H16Cl6N4O6. The van der Waals surface area contributed by atoms with Crippen LogP contribution in [0.15, 0.2) is 55.8 Å². The van der Waals surface area contributed by atoms with E-state index >= 15 is 0 Å². The van der Waals surface area contributed by atoms with Crippen molar-refractivity contribution in [3.63, 3.8) is 0 Å². The molecule has 4 rings (SSSR count). The lowest BCUT2D eigenvalue weighted by atomic mass is 10.1. The maximum atomic E-state index is 13.0. The number of alkyl halides is 6. The molecule has 0 aromatic carbocycles. The van der Waals surface area contributed by atoms with E-state index in [-0.39, 0.29) is 35.8 Å². The molecule has 16 heteroatoms. The van der Waals surface area contributed by atoms with Crippen LogP contribution in [0.1, 0.15) is 37.2 Å². The molecule has 2 amide bonds. The first-order chi connectivity index (χ1) is 16.7. The van der Waals surface area contributed by atoms with Gasteiger partial charge in [0.05, 0.1) is 12.5 Å². The Labute approximate surface area is 233 Å². The van der Waals surface area contributed by atoms with Crippen molar-refractivity contribution in [1.29, 1.82) is 0 Å². The molecule has 0 saturated heterocycles. The van der Waals surface area contributed by atoms with Crippen molar-refractivity contribution >= 4 is 92.8 Å². The minimum Gasteiger partial charge on any atom is -0.463 e. The average molecular weight is 621 g/mol. The molecule has 2 aromatic rings. The maximum absolute atomic E-state index is 13.0. The van der Waals surface area contributed by atoms with Gasteiger partial charge in [-0.1, -0.05) is 69.6 Å². The van der Waals surface area contributed by atoms with Crippen LogP contribution in [0.4, 0.5) is 0 Å². The molecule has 0 fully saturated rings. The summed E-state index contributed by atoms with van der Waals surface area (Å²) in [5.41, 5.74) is -4.44. The molecule has 2 N–H and O–H groups in total. The van der Waals surface area contributed by atoms with Gasteiger partial charge in [0, 0.05) is 25.7 Å². The number of halogens is 6. The van der Waals surface area contributed by atoms with E-state index in [1.54, 1.807) is 24.3 Å². The quantitative estimate of drug-likeness (QED) is 0.478. The molecule has 2 unspecified atom stereocenters. The third-order valence-electron chi connectivity index (χ3n) is 5.51. The van der Waals surface area contributed by atoms with Crippen LogP contribution >= 0.6 is 69.6 Å². The van der Waals surface area contributed by atoms with Crippen molar-refractivity contribution < 1.29 is 28.6 Å². The Morgan fingerprint density at radius 3 is 1.44 bits per heavy atom. The summed E-state index contributed by atoms with van der Waals surface area (Å²) in [7, 11) is 0. The van der Waals surface area contributed by atoms with E-state index in [0.717, 1.165) is 0 Å². The third kappa shape index (κ3) is 4.86. The number of hydrogen-bond acceptors (Lipinski definition) is 8. The standard InChI is InChI=1S/C20H16Cl6N4O6/c21-19(22,23)17(33)9-11(13-3-1-7-35-13)27-29(17)15(31)5-6-16(32)30-18(34,20(24,25)26)10-12(28-30)14-4-2-8-36-14/h1-4,7-8,33-34H,5-6,9-10H2. The first-order valence-electron chi connectivity index (χ1n) is 10.1. The van der Waals surface area contributed by atoms with Gasteiger partial charge in [-0.05, 0) is 24.3 Å². The van der Waals surface area contributed by atoms with Crippen LogP contribution in [0.5, 0.6) is 0 Å². The molecule has 2 aliphatic rings. The summed E-state index contributed by atoms with van der Waals surface area (Å²) in [4.78, 5) is 26.1. The Bertz CT molecular complexity index is 1110. The highest BCUT2D eigenvalue weighted by molar-refractivity contribution is 6.69. The van der Waals surface area contributed by atoms with E-state index in [0.29, 0.717) is 10.0 Å². The number of aliphatic hydroxyl groups is 2. The Morgan fingerprint density at radius 1 is 0.806 bits per heavy atom. The number of amides is 2. The van der Waals surface area contributed by atoms with Gasteiger partial charge in [0.1, 0.15) is 22.9 Å². The second-order valence-electron chi connectivity index (χ2n) is 7.94. The predicted octanol–water partition coefficient (Wildman–Crippen LogP) is 4.34. The zero-order chi connectivity index (χ0) is 26.5. The van der Waals surface area contributed by atoms with Crippen LogP contribution in [0, 0.1) is 0 Å². The number of carbonyl (C=O) groups excluding carboxylic acids is 2. The topological polar surface area (TPSA) is 132 Å². The molecule has 0 radical (unpaired) electrons. The molecule has 0 bridgehead atoms. The van der Waals surface area contributed by atoms with Gasteiger partial charge in [-0.25, -0.2) is 0 Å². The molecule has 0 spiro atoms. The van der Waals surface area contributed by atoms with Crippen molar-refractivity contribution in [1.82, 2.24) is 10.0 Å². The van der Waals surface area contributed by atoms with Crippen molar-refractivity contribution in [2.45, 2.75) is 44.7 Å². The van der Waals surface area contributed by atoms with E-state index in [1.807, 2.05) is 0 Å². The second-order valence-corrected chi connectivity index (χ2v) is 12.5. The second kappa shape index (κ2) is 9.67. The summed E-state index contributed by atoms with van der Waals surface area (Å²) in [6.45, 7) is 0. The average Bonchev–Trinajstić information content (AvgIpc) is 3.56. The molecule has 0 saturated carbocycles. The molecule has 10 nitrogen and oxygen atoms in total. The van der Waals surface area contributed by atoms with Crippen LogP contribution < -0.4 is 0 Å². The highest BCUT2D eigenvalue weighted by Gasteiger charge is 2.60. The smallest absolute Gasteiger partial charge is 0.246 e. The molecule has 36 heavy (non-hydrogen) atoms. The number of nitrogens with zero attached hydrogens (tertiary/aromatic N) is 4. The Balaban J connectivity index is 1.55. The minimum absolute atomic E-state index is 0.145. The fourth-order valence-corrected chi connectivity index (χ4v) is 4.52. The van der Waals surface area contributed by atoms with Crippen LogP contribution in [0.3, 0.4) is 0 Å². The zero-order valence-electron chi connectivity index (χ0n) is 17.9. The maximum Gasteiger partial charge on any atom is 0.246 e. The zero-order valence-corrected chi connectivity index (χ0v) is 22.4. The Kier molecular flexibility index (Phi) is 7.39. The number of hydrogen-bond donors (Lipinski definition) is 2. The van der Waals surface area contributed by atoms with E-state index in [9.17, 15) is 19.8 Å². The lowest BCUT2D eigenvalue weighted by Crippen LogP contribution is -2.56. The van der Waals surface area contributed by atoms with Gasteiger partial charge in [0.15, 0.2) is 0 Å². The van der Waals surface area contributed by atoms with Crippen LogP contribution in [-0.4, -0.2) is 62.5 Å². The van der Waals surface area contributed by atoms with Gasteiger partial charge in [0.2, 0.25) is 30.8 Å². The first-order valence-corrected chi connectivity index (χ1v) is 12.4. The molecule has 4 heterocycles. The summed E-state index contributed by atoms with van der Waals surface area (Å²) >= 11 is 35.8. The van der Waals surface area contributed by atoms with Gasteiger partial charge in [-0.3, -0.25) is 9.59 Å². The molecule has 2 aliphatic heterocycles. The fraction of sp³-hybridized carbons (Fsp3) is 0.400. The van der Waals surface area contributed by atoms with Crippen LogP contribution in [-0.2, 0) is 9.59 Å². The van der Waals surface area contributed by atoms with E-state index in [2.05, 4.69) is 10.2 Å². The Hall–Kier alpha value is -1.50. The van der Waals surface area contributed by atoms with Crippen molar-refractivity contribution in [3.8, 4) is 0 Å². The lowest BCUT2D eigenvalue weighted by molar-refractivity contribution is -0.161. The minimum atomic E-state index is -2.36. The number of furan rings is 2. The van der Waals surface area contributed by atoms with Gasteiger partial charge < -0.3 is 19.0 Å². The van der Waals surface area contributed by atoms with Crippen molar-refractivity contribution in [2.75, 3.05) is 0 Å². The van der Waals surface area contributed by atoms with E-state index in [1.165, 1.54) is 12.5 Å². The summed E-state index contributed by atoms with van der Waals surface area (Å²) in [6.07, 6.45) is 0.965. The highest BCUT2D eigenvalue weighted by Crippen LogP contribution is 2.48. The van der Waals surface area contributed by atoms with E-state index < -0.39 is 43.7 Å². The SMILES string of the molecule is O=C(CCC(=O)N1N=C(c2ccco2)CC1(O)C(Cl)(Cl)Cl)N1N=C(c2ccco2)CC1(O)C(Cl)(Cl)Cl. The number of carbonyl (C=O) groups is 2. The summed E-state index contributed by atoms with van der Waals surface area (Å²) < 4.78 is 5.78. The summed E-state index contributed by atoms with van der Waals surface area (Å²) in [5.74, 6) is -1.24. The van der Waals surface area contributed by atoms with E-state index in [4.69, 9.17) is 78.4 Å². The number of rotatable bonds is 5. The van der Waals surface area contributed by atoms with Gasteiger partial charge in [0.25, 0.3) is 0 Å². The summed E-state index contributed by atoms with van der Waals surface area (Å²) in [5, 5.41) is 31.4. The largest absolute Gasteiger partial charge is 0.463 e. The van der Waals surface area contributed by atoms with Crippen molar-refractivity contribution in [2.24, 2.45) is 10.2 Å². The van der Waals surface area contributed by atoms with Gasteiger partial charge in [-0.15, -0.1) is 0 Å². The normalized spacial score (nSPS) is 24.8. The van der Waals surface area contributed by atoms with Crippen molar-refractivity contribution in [3.05, 3.63) is 48.3 Å². The van der Waals surface area contributed by atoms with Crippen LogP contribution in [0.25, 0.3) is 0 Å². The molecule has 2 aromatic heterocycles. The summed E-state index contributed by atoms with van der Waals surface area (Å²) in [6, 6.07) is 6.26. The third-order valence-corrected chi connectivity index (χ3v) is 7.33. The molecule has 2 atom stereocenters. The fourth-order valence-electron chi connectivity index (χ4n) is 3.64.